The molecule has 6 rings (SSSR count). The minimum atomic E-state index is -0.209. The van der Waals surface area contributed by atoms with Gasteiger partial charge in [0, 0.05) is 23.1 Å². The van der Waals surface area contributed by atoms with Gasteiger partial charge in [-0.15, -0.1) is 11.3 Å². The average molecular weight is 557 g/mol. The maximum Gasteiger partial charge on any atom is 0.176 e. The second-order valence-electron chi connectivity index (χ2n) is 10.3. The molecule has 6 nitrogen and oxygen atoms in total. The zero-order valence-corrected chi connectivity index (χ0v) is 23.9. The van der Waals surface area contributed by atoms with Crippen molar-refractivity contribution in [2.24, 2.45) is 0 Å². The van der Waals surface area contributed by atoms with Crippen LogP contribution in [0.4, 0.5) is 0 Å². The maximum atomic E-state index is 6.72. The van der Waals surface area contributed by atoms with Crippen LogP contribution in [0.5, 0.6) is 11.5 Å². The van der Waals surface area contributed by atoms with Gasteiger partial charge in [0.15, 0.2) is 17.4 Å². The lowest BCUT2D eigenvalue weighted by atomic mass is 10.0. The third-order valence-electron chi connectivity index (χ3n) is 7.64. The van der Waals surface area contributed by atoms with Crippen molar-refractivity contribution < 1.29 is 18.3 Å². The Bertz CT molecular complexity index is 1540. The van der Waals surface area contributed by atoms with E-state index < -0.39 is 0 Å². The molecule has 0 aliphatic heterocycles. The Morgan fingerprint density at radius 3 is 2.52 bits per heavy atom. The molecule has 2 atom stereocenters. The quantitative estimate of drug-likeness (QED) is 0.155. The molecule has 0 spiro atoms. The Kier molecular flexibility index (Phi) is 8.23. The molecule has 1 aliphatic rings. The second-order valence-corrected chi connectivity index (χ2v) is 11.2. The molecule has 208 valence electrons. The van der Waals surface area contributed by atoms with E-state index in [1.807, 2.05) is 38.4 Å². The topological polar surface area (TPSA) is 68.8 Å². The van der Waals surface area contributed by atoms with Gasteiger partial charge in [-0.2, -0.15) is 0 Å². The molecule has 0 radical (unpaired) electrons. The van der Waals surface area contributed by atoms with Crippen molar-refractivity contribution in [2.45, 2.75) is 44.3 Å². The van der Waals surface area contributed by atoms with Crippen LogP contribution in [-0.2, 0) is 12.8 Å². The zero-order valence-electron chi connectivity index (χ0n) is 23.1. The van der Waals surface area contributed by atoms with E-state index in [1.165, 1.54) is 22.4 Å². The van der Waals surface area contributed by atoms with Crippen LogP contribution in [0.2, 0.25) is 0 Å². The first kappa shape index (κ1) is 26.7. The largest absolute Gasteiger partial charge is 0.485 e. The van der Waals surface area contributed by atoms with E-state index in [1.54, 1.807) is 23.9 Å². The Balaban J connectivity index is 1.27. The summed E-state index contributed by atoms with van der Waals surface area (Å²) in [5.41, 5.74) is 5.84. The van der Waals surface area contributed by atoms with Gasteiger partial charge in [0.25, 0.3) is 0 Å². The first-order chi connectivity index (χ1) is 19.7. The van der Waals surface area contributed by atoms with Gasteiger partial charge in [-0.05, 0) is 117 Å². The minimum absolute atomic E-state index is 0.0121. The smallest absolute Gasteiger partial charge is 0.176 e. The minimum Gasteiger partial charge on any atom is -0.485 e. The van der Waals surface area contributed by atoms with Crippen LogP contribution in [-0.4, -0.2) is 27.2 Å². The normalized spacial score (nSPS) is 14.3. The van der Waals surface area contributed by atoms with Gasteiger partial charge >= 0.3 is 0 Å². The van der Waals surface area contributed by atoms with Gasteiger partial charge in [0.1, 0.15) is 17.6 Å². The van der Waals surface area contributed by atoms with E-state index in [-0.39, 0.29) is 12.2 Å². The molecule has 0 amide bonds. The number of aryl methyl sites for hydroxylation is 1. The monoisotopic (exact) mass is 556 g/mol. The van der Waals surface area contributed by atoms with Crippen molar-refractivity contribution in [3.8, 4) is 22.6 Å². The molecule has 40 heavy (non-hydrogen) atoms. The highest BCUT2D eigenvalue weighted by Crippen LogP contribution is 2.41. The first-order valence-electron chi connectivity index (χ1n) is 14.1. The lowest BCUT2D eigenvalue weighted by molar-refractivity contribution is 0.167. The Labute approximate surface area is 239 Å². The van der Waals surface area contributed by atoms with Gasteiger partial charge in [-0.1, -0.05) is 12.1 Å². The van der Waals surface area contributed by atoms with Gasteiger partial charge in [-0.25, -0.2) is 0 Å². The fourth-order valence-electron chi connectivity index (χ4n) is 5.59. The number of furan rings is 2. The fraction of sp³-hybridized carbons (Fsp3) is 0.333. The summed E-state index contributed by atoms with van der Waals surface area (Å²) in [7, 11) is 3.93. The van der Waals surface area contributed by atoms with E-state index >= 15 is 0 Å². The van der Waals surface area contributed by atoms with Crippen LogP contribution >= 0.6 is 11.3 Å². The predicted octanol–water partition coefficient (Wildman–Crippen LogP) is 7.70. The van der Waals surface area contributed by atoms with Crippen molar-refractivity contribution >= 4 is 22.3 Å². The Morgan fingerprint density at radius 1 is 0.850 bits per heavy atom. The highest BCUT2D eigenvalue weighted by Gasteiger charge is 2.23. The number of rotatable bonds is 13. The lowest BCUT2D eigenvalue weighted by Gasteiger charge is -2.20. The van der Waals surface area contributed by atoms with E-state index in [0.29, 0.717) is 5.75 Å². The Morgan fingerprint density at radius 2 is 1.70 bits per heavy atom. The van der Waals surface area contributed by atoms with Crippen LogP contribution in [0.25, 0.3) is 22.1 Å². The average Bonchev–Trinajstić information content (AvgIpc) is 3.80. The fourth-order valence-corrected chi connectivity index (χ4v) is 6.56. The van der Waals surface area contributed by atoms with Crippen molar-refractivity contribution in [1.29, 1.82) is 0 Å². The molecular weight excluding hydrogens is 520 g/mol. The number of thiophene rings is 1. The molecular formula is C33H36N2O4S. The molecule has 1 aliphatic carbocycles. The van der Waals surface area contributed by atoms with E-state index in [0.717, 1.165) is 72.4 Å². The maximum absolute atomic E-state index is 6.72. The molecule has 0 saturated heterocycles. The highest BCUT2D eigenvalue weighted by atomic mass is 32.1. The van der Waals surface area contributed by atoms with Crippen LogP contribution in [0.1, 0.15) is 53.2 Å². The van der Waals surface area contributed by atoms with Crippen LogP contribution in [0.15, 0.2) is 81.3 Å². The van der Waals surface area contributed by atoms with Crippen molar-refractivity contribution in [3.05, 3.63) is 94.3 Å². The summed E-state index contributed by atoms with van der Waals surface area (Å²) in [6.45, 7) is 1.69. The van der Waals surface area contributed by atoms with Crippen LogP contribution < -0.4 is 20.1 Å². The third kappa shape index (κ3) is 5.55. The van der Waals surface area contributed by atoms with Crippen molar-refractivity contribution in [3.63, 3.8) is 0 Å². The Hall–Kier alpha value is -3.52. The number of fused-ring (bicyclic) bond motifs is 2. The SMILES string of the molecule is CNCC[C@@H](Oc1ccc(-c2csc([C@@H](CCNC)Oc3cccc4c3CCC4)c2)c2ccoc12)c1ccco1. The van der Waals surface area contributed by atoms with Gasteiger partial charge in [0.05, 0.1) is 12.5 Å². The van der Waals surface area contributed by atoms with Crippen molar-refractivity contribution in [2.75, 3.05) is 27.2 Å². The summed E-state index contributed by atoms with van der Waals surface area (Å²) < 4.78 is 24.8. The lowest BCUT2D eigenvalue weighted by Crippen LogP contribution is -2.16. The molecule has 0 bridgehead atoms. The standard InChI is InChI=1S/C33H36N2O4S/c1-34-16-13-29(28-10-5-18-36-28)39-31-12-11-24(26-15-19-37-33(26)31)23-20-32(40-21-23)30(14-17-35-2)38-27-9-4-7-22-6-3-8-25(22)27/h4-5,7,9-12,15,18-21,29-30,34-35H,3,6,8,13-14,16-17H2,1-2H3/t29-,30-/m1/s1. The summed E-state index contributed by atoms with van der Waals surface area (Å²) in [4.78, 5) is 1.22. The van der Waals surface area contributed by atoms with E-state index in [9.17, 15) is 0 Å². The van der Waals surface area contributed by atoms with E-state index in [2.05, 4.69) is 46.3 Å². The summed E-state index contributed by atoms with van der Waals surface area (Å²) in [6.07, 6.45) is 8.33. The molecule has 3 heterocycles. The summed E-state index contributed by atoms with van der Waals surface area (Å²) in [6, 6.07) is 18.8. The molecule has 7 heteroatoms. The van der Waals surface area contributed by atoms with Crippen molar-refractivity contribution in [1.82, 2.24) is 10.6 Å². The zero-order chi connectivity index (χ0) is 27.3. The molecule has 3 aromatic heterocycles. The summed E-state index contributed by atoms with van der Waals surface area (Å²) >= 11 is 1.75. The first-order valence-corrected chi connectivity index (χ1v) is 15.0. The predicted molar refractivity (Wildman–Crippen MR) is 161 cm³/mol. The molecule has 0 fully saturated rings. The van der Waals surface area contributed by atoms with Crippen LogP contribution in [0, 0.1) is 0 Å². The van der Waals surface area contributed by atoms with Gasteiger partial charge in [0.2, 0.25) is 0 Å². The number of benzene rings is 2. The molecule has 2 N–H and O–H groups in total. The molecule has 0 unspecified atom stereocenters. The number of hydrogen-bond acceptors (Lipinski definition) is 7. The highest BCUT2D eigenvalue weighted by molar-refractivity contribution is 7.10. The number of ether oxygens (including phenoxy) is 2. The van der Waals surface area contributed by atoms with Gasteiger partial charge < -0.3 is 28.9 Å². The molecule has 0 saturated carbocycles. The number of nitrogens with one attached hydrogen (secondary N) is 2. The number of hydrogen-bond donors (Lipinski definition) is 2. The second kappa shape index (κ2) is 12.3. The third-order valence-corrected chi connectivity index (χ3v) is 8.67. The van der Waals surface area contributed by atoms with Gasteiger partial charge in [-0.3, -0.25) is 0 Å². The molecule has 5 aromatic rings. The van der Waals surface area contributed by atoms with Crippen LogP contribution in [0.3, 0.4) is 0 Å². The van der Waals surface area contributed by atoms with E-state index in [4.69, 9.17) is 18.3 Å². The summed E-state index contributed by atoms with van der Waals surface area (Å²) in [5.74, 6) is 2.55. The molecule has 2 aromatic carbocycles. The summed E-state index contributed by atoms with van der Waals surface area (Å²) in [5, 5.41) is 9.75.